The van der Waals surface area contributed by atoms with Crippen LogP contribution in [0.15, 0.2) is 30.3 Å². The number of benzene rings is 1. The summed E-state index contributed by atoms with van der Waals surface area (Å²) >= 11 is 6.37. The number of morpholine rings is 1. The molecule has 2 rings (SSSR count). The van der Waals surface area contributed by atoms with Gasteiger partial charge in [-0.15, -0.1) is 24.0 Å². The molecule has 0 saturated carbocycles. The Bertz CT molecular complexity index is 302. The van der Waals surface area contributed by atoms with Gasteiger partial charge in [0.05, 0.1) is 18.6 Å². The van der Waals surface area contributed by atoms with E-state index in [2.05, 4.69) is 17.0 Å². The Hall–Kier alpha value is -0.280. The minimum Gasteiger partial charge on any atom is -0.379 e. The Kier molecular flexibility index (Phi) is 6.90. The number of nitrogens with zero attached hydrogens (tertiary/aromatic N) is 1. The summed E-state index contributed by atoms with van der Waals surface area (Å²) in [5, 5.41) is 0.129. The van der Waals surface area contributed by atoms with Gasteiger partial charge >= 0.3 is 0 Å². The summed E-state index contributed by atoms with van der Waals surface area (Å²) in [6.07, 6.45) is 1.01. The van der Waals surface area contributed by atoms with Crippen LogP contribution in [0.25, 0.3) is 0 Å². The normalized spacial score (nSPS) is 18.4. The molecule has 0 spiro atoms. The molecule has 0 N–H and O–H groups in total. The Balaban J connectivity index is 0.00000144. The lowest BCUT2D eigenvalue weighted by Gasteiger charge is -2.27. The van der Waals surface area contributed by atoms with E-state index in [0.717, 1.165) is 39.3 Å². The average Bonchev–Trinajstić information content (AvgIpc) is 2.38. The summed E-state index contributed by atoms with van der Waals surface area (Å²) < 4.78 is 5.32. The van der Waals surface area contributed by atoms with Crippen molar-refractivity contribution < 1.29 is 4.74 Å². The van der Waals surface area contributed by atoms with Gasteiger partial charge in [0.1, 0.15) is 0 Å². The fourth-order valence-corrected chi connectivity index (χ4v) is 2.19. The quantitative estimate of drug-likeness (QED) is 0.783. The lowest BCUT2D eigenvalue weighted by atomic mass is 10.1. The van der Waals surface area contributed by atoms with Crippen LogP contribution in [0.2, 0.25) is 0 Å². The third kappa shape index (κ3) is 4.84. The Morgan fingerprint density at radius 2 is 1.82 bits per heavy atom. The third-order valence-electron chi connectivity index (χ3n) is 2.96. The predicted octanol–water partition coefficient (Wildman–Crippen LogP) is 3.11. The first-order valence-electron chi connectivity index (χ1n) is 5.85. The zero-order chi connectivity index (χ0) is 11.2. The van der Waals surface area contributed by atoms with Crippen molar-refractivity contribution in [3.05, 3.63) is 35.9 Å². The molecular weight excluding hydrogens is 257 g/mol. The van der Waals surface area contributed by atoms with Gasteiger partial charge < -0.3 is 4.74 Å². The summed E-state index contributed by atoms with van der Waals surface area (Å²) in [6.45, 7) is 4.86. The van der Waals surface area contributed by atoms with Crippen LogP contribution in [-0.4, -0.2) is 37.7 Å². The van der Waals surface area contributed by atoms with Gasteiger partial charge in [0.15, 0.2) is 0 Å². The number of ether oxygens (including phenoxy) is 1. The smallest absolute Gasteiger partial charge is 0.0597 e. The molecule has 1 atom stereocenters. The number of halogens is 2. The Labute approximate surface area is 114 Å². The van der Waals surface area contributed by atoms with Gasteiger partial charge in [-0.2, -0.15) is 0 Å². The molecule has 1 heterocycles. The molecule has 1 fully saturated rings. The van der Waals surface area contributed by atoms with Crippen LogP contribution in [-0.2, 0) is 4.74 Å². The van der Waals surface area contributed by atoms with E-state index in [0.29, 0.717) is 0 Å². The first kappa shape index (κ1) is 14.8. The van der Waals surface area contributed by atoms with Gasteiger partial charge in [-0.05, 0) is 12.0 Å². The highest BCUT2D eigenvalue weighted by molar-refractivity contribution is 6.20. The van der Waals surface area contributed by atoms with Crippen LogP contribution in [0.4, 0.5) is 0 Å². The second kappa shape index (κ2) is 7.93. The number of hydrogen-bond donors (Lipinski definition) is 0. The maximum absolute atomic E-state index is 6.37. The number of rotatable bonds is 4. The Morgan fingerprint density at radius 1 is 1.18 bits per heavy atom. The van der Waals surface area contributed by atoms with Gasteiger partial charge in [0.2, 0.25) is 0 Å². The van der Waals surface area contributed by atoms with E-state index in [9.17, 15) is 0 Å². The molecule has 1 aromatic rings. The molecule has 1 saturated heterocycles. The zero-order valence-corrected chi connectivity index (χ0v) is 11.4. The van der Waals surface area contributed by atoms with Crippen molar-refractivity contribution in [3.8, 4) is 0 Å². The maximum atomic E-state index is 6.37. The SMILES string of the molecule is Cl.ClC(CCN1CCOCC1)c1ccccc1. The molecule has 1 aliphatic heterocycles. The van der Waals surface area contributed by atoms with E-state index in [1.807, 2.05) is 18.2 Å². The highest BCUT2D eigenvalue weighted by atomic mass is 35.5. The van der Waals surface area contributed by atoms with E-state index >= 15 is 0 Å². The van der Waals surface area contributed by atoms with Crippen molar-refractivity contribution in [2.75, 3.05) is 32.8 Å². The molecule has 17 heavy (non-hydrogen) atoms. The minimum atomic E-state index is 0. The van der Waals surface area contributed by atoms with Crippen molar-refractivity contribution in [3.63, 3.8) is 0 Å². The summed E-state index contributed by atoms with van der Waals surface area (Å²) in [5.74, 6) is 0. The van der Waals surface area contributed by atoms with Gasteiger partial charge in [0, 0.05) is 19.6 Å². The molecule has 1 aliphatic rings. The van der Waals surface area contributed by atoms with Gasteiger partial charge in [-0.1, -0.05) is 30.3 Å². The van der Waals surface area contributed by atoms with Gasteiger partial charge in [-0.3, -0.25) is 4.90 Å². The number of alkyl halides is 1. The second-order valence-electron chi connectivity index (χ2n) is 4.12. The standard InChI is InChI=1S/C13H18ClNO.ClH/c14-13(12-4-2-1-3-5-12)6-7-15-8-10-16-11-9-15;/h1-5,13H,6-11H2;1H. The summed E-state index contributed by atoms with van der Waals surface area (Å²) in [7, 11) is 0. The molecule has 2 nitrogen and oxygen atoms in total. The largest absolute Gasteiger partial charge is 0.379 e. The van der Waals surface area contributed by atoms with E-state index in [-0.39, 0.29) is 17.8 Å². The molecule has 0 radical (unpaired) electrons. The molecule has 4 heteroatoms. The number of hydrogen-bond acceptors (Lipinski definition) is 2. The molecule has 0 aliphatic carbocycles. The Morgan fingerprint density at radius 3 is 2.47 bits per heavy atom. The lowest BCUT2D eigenvalue weighted by molar-refractivity contribution is 0.0373. The summed E-state index contributed by atoms with van der Waals surface area (Å²) in [5.41, 5.74) is 1.22. The molecule has 1 unspecified atom stereocenters. The predicted molar refractivity (Wildman–Crippen MR) is 74.2 cm³/mol. The third-order valence-corrected chi connectivity index (χ3v) is 3.43. The fourth-order valence-electron chi connectivity index (χ4n) is 1.95. The van der Waals surface area contributed by atoms with Crippen molar-refractivity contribution in [1.29, 1.82) is 0 Å². The van der Waals surface area contributed by atoms with E-state index in [1.165, 1.54) is 5.56 Å². The van der Waals surface area contributed by atoms with Crippen LogP contribution in [0, 0.1) is 0 Å². The van der Waals surface area contributed by atoms with Gasteiger partial charge in [0.25, 0.3) is 0 Å². The highest BCUT2D eigenvalue weighted by Crippen LogP contribution is 2.23. The summed E-state index contributed by atoms with van der Waals surface area (Å²) in [6, 6.07) is 10.3. The van der Waals surface area contributed by atoms with Crippen LogP contribution in [0.1, 0.15) is 17.4 Å². The average molecular weight is 276 g/mol. The van der Waals surface area contributed by atoms with E-state index < -0.39 is 0 Å². The van der Waals surface area contributed by atoms with Crippen molar-refractivity contribution in [2.45, 2.75) is 11.8 Å². The van der Waals surface area contributed by atoms with Crippen LogP contribution in [0.5, 0.6) is 0 Å². The fraction of sp³-hybridized carbons (Fsp3) is 0.538. The van der Waals surface area contributed by atoms with Crippen molar-refractivity contribution in [2.24, 2.45) is 0 Å². The molecule has 0 aromatic heterocycles. The van der Waals surface area contributed by atoms with Crippen LogP contribution >= 0.6 is 24.0 Å². The topological polar surface area (TPSA) is 12.5 Å². The van der Waals surface area contributed by atoms with E-state index in [1.54, 1.807) is 0 Å². The lowest BCUT2D eigenvalue weighted by Crippen LogP contribution is -2.37. The van der Waals surface area contributed by atoms with Crippen molar-refractivity contribution in [1.82, 2.24) is 4.90 Å². The molecule has 0 bridgehead atoms. The first-order chi connectivity index (χ1) is 7.86. The van der Waals surface area contributed by atoms with E-state index in [4.69, 9.17) is 16.3 Å². The van der Waals surface area contributed by atoms with Crippen molar-refractivity contribution >= 4 is 24.0 Å². The summed E-state index contributed by atoms with van der Waals surface area (Å²) in [4.78, 5) is 2.42. The molecular formula is C13H19Cl2NO. The molecule has 1 aromatic carbocycles. The first-order valence-corrected chi connectivity index (χ1v) is 6.29. The monoisotopic (exact) mass is 275 g/mol. The highest BCUT2D eigenvalue weighted by Gasteiger charge is 2.13. The van der Waals surface area contributed by atoms with Gasteiger partial charge in [-0.25, -0.2) is 0 Å². The zero-order valence-electron chi connectivity index (χ0n) is 9.85. The minimum absolute atomic E-state index is 0. The molecule has 96 valence electrons. The maximum Gasteiger partial charge on any atom is 0.0597 e. The van der Waals surface area contributed by atoms with Crippen LogP contribution < -0.4 is 0 Å². The van der Waals surface area contributed by atoms with Crippen LogP contribution in [0.3, 0.4) is 0 Å². The second-order valence-corrected chi connectivity index (χ2v) is 4.65. The molecule has 0 amide bonds.